The Morgan fingerprint density at radius 1 is 0.970 bits per heavy atom. The number of carbonyl (C=O) groups is 4. The van der Waals surface area contributed by atoms with Gasteiger partial charge in [0.05, 0.1) is 29.3 Å². The van der Waals surface area contributed by atoms with Gasteiger partial charge in [-0.15, -0.1) is 11.3 Å². The van der Waals surface area contributed by atoms with Gasteiger partial charge >= 0.3 is 17.9 Å². The van der Waals surface area contributed by atoms with Crippen LogP contribution in [-0.2, 0) is 19.0 Å². The Balaban J connectivity index is 2.19. The van der Waals surface area contributed by atoms with Gasteiger partial charge in [-0.2, -0.15) is 0 Å². The Kier molecular flexibility index (Phi) is 8.63. The fourth-order valence-corrected chi connectivity index (χ4v) is 3.96. The zero-order valence-corrected chi connectivity index (χ0v) is 19.2. The summed E-state index contributed by atoms with van der Waals surface area (Å²) in [4.78, 5) is 59.8. The van der Waals surface area contributed by atoms with E-state index >= 15 is 0 Å². The number of nitro benzene ring substituents is 1. The number of nitrogens with zero attached hydrogens (tertiary/aromatic N) is 1. The average molecular weight is 478 g/mol. The first-order valence-corrected chi connectivity index (χ1v) is 10.6. The molecule has 1 aromatic heterocycles. The van der Waals surface area contributed by atoms with Crippen LogP contribution in [0.5, 0.6) is 0 Å². The SMILES string of the molecule is CCOC(=O)c1sc(NC(=O)COC(=O)c2cccc([N+](=O)[O-])c2C)c(C(=O)OCC)c1C. The molecule has 1 amide bonds. The Morgan fingerprint density at radius 3 is 2.21 bits per heavy atom. The highest BCUT2D eigenvalue weighted by atomic mass is 32.1. The number of esters is 3. The van der Waals surface area contributed by atoms with Crippen LogP contribution in [0.4, 0.5) is 10.7 Å². The van der Waals surface area contributed by atoms with Crippen LogP contribution in [0.3, 0.4) is 0 Å². The maximum absolute atomic E-state index is 12.4. The fraction of sp³-hybridized carbons (Fsp3) is 0.333. The molecule has 0 aliphatic carbocycles. The van der Waals surface area contributed by atoms with Gasteiger partial charge < -0.3 is 19.5 Å². The van der Waals surface area contributed by atoms with Crippen LogP contribution < -0.4 is 5.32 Å². The van der Waals surface area contributed by atoms with E-state index in [0.29, 0.717) is 0 Å². The van der Waals surface area contributed by atoms with E-state index in [-0.39, 0.29) is 51.0 Å². The number of thiophene rings is 1. The van der Waals surface area contributed by atoms with Crippen LogP contribution >= 0.6 is 11.3 Å². The lowest BCUT2D eigenvalue weighted by atomic mass is 10.1. The summed E-state index contributed by atoms with van der Waals surface area (Å²) in [7, 11) is 0. The van der Waals surface area contributed by atoms with Crippen molar-refractivity contribution < 1.29 is 38.3 Å². The number of ether oxygens (including phenoxy) is 3. The van der Waals surface area contributed by atoms with Crippen molar-refractivity contribution in [3.63, 3.8) is 0 Å². The summed E-state index contributed by atoms with van der Waals surface area (Å²) < 4.78 is 15.0. The molecule has 176 valence electrons. The van der Waals surface area contributed by atoms with E-state index in [2.05, 4.69) is 5.32 Å². The molecule has 2 aromatic rings. The van der Waals surface area contributed by atoms with E-state index in [0.717, 1.165) is 11.3 Å². The third-order valence-corrected chi connectivity index (χ3v) is 5.58. The second kappa shape index (κ2) is 11.2. The lowest BCUT2D eigenvalue weighted by Crippen LogP contribution is -2.22. The van der Waals surface area contributed by atoms with Crippen LogP contribution in [0.1, 0.15) is 55.4 Å². The van der Waals surface area contributed by atoms with Gasteiger partial charge in [-0.25, -0.2) is 14.4 Å². The topological polar surface area (TPSA) is 151 Å². The number of rotatable bonds is 9. The van der Waals surface area contributed by atoms with Gasteiger partial charge in [0.2, 0.25) is 0 Å². The first-order chi connectivity index (χ1) is 15.6. The lowest BCUT2D eigenvalue weighted by molar-refractivity contribution is -0.385. The summed E-state index contributed by atoms with van der Waals surface area (Å²) in [6.07, 6.45) is 0. The van der Waals surface area contributed by atoms with Gasteiger partial charge in [-0.3, -0.25) is 14.9 Å². The molecule has 1 aromatic carbocycles. The molecule has 0 aliphatic heterocycles. The summed E-state index contributed by atoms with van der Waals surface area (Å²) in [5.41, 5.74) is 0.0790. The van der Waals surface area contributed by atoms with Crippen molar-refractivity contribution >= 4 is 45.8 Å². The van der Waals surface area contributed by atoms with Crippen LogP contribution in [0.15, 0.2) is 18.2 Å². The molecular weight excluding hydrogens is 456 g/mol. The summed E-state index contributed by atoms with van der Waals surface area (Å²) in [6, 6.07) is 3.92. The normalized spacial score (nSPS) is 10.3. The minimum atomic E-state index is -0.925. The Labute approximate surface area is 192 Å². The minimum Gasteiger partial charge on any atom is -0.462 e. The van der Waals surface area contributed by atoms with Crippen LogP contribution in [-0.4, -0.2) is 48.6 Å². The van der Waals surface area contributed by atoms with E-state index in [1.165, 1.54) is 32.0 Å². The highest BCUT2D eigenvalue weighted by molar-refractivity contribution is 7.18. The predicted octanol–water partition coefficient (Wildman–Crippen LogP) is 3.42. The number of hydrogen-bond donors (Lipinski definition) is 1. The number of anilines is 1. The van der Waals surface area contributed by atoms with E-state index in [1.54, 1.807) is 13.8 Å². The quantitative estimate of drug-likeness (QED) is 0.247. The molecule has 0 spiro atoms. The number of benzene rings is 1. The molecule has 0 bridgehead atoms. The van der Waals surface area contributed by atoms with Crippen LogP contribution in [0.25, 0.3) is 0 Å². The maximum atomic E-state index is 12.4. The molecule has 0 unspecified atom stereocenters. The largest absolute Gasteiger partial charge is 0.462 e. The first-order valence-electron chi connectivity index (χ1n) is 9.80. The third kappa shape index (κ3) is 5.92. The van der Waals surface area contributed by atoms with Crippen molar-refractivity contribution in [1.29, 1.82) is 0 Å². The fourth-order valence-electron chi connectivity index (χ4n) is 2.86. The van der Waals surface area contributed by atoms with Gasteiger partial charge in [-0.05, 0) is 39.3 Å². The standard InChI is InChI=1S/C21H22N2O9S/c1-5-30-20(26)16-12(4)17(21(27)31-6-2)33-18(16)22-15(24)10-32-19(25)13-8-7-9-14(11(13)3)23(28)29/h7-9H,5-6,10H2,1-4H3,(H,22,24). The molecule has 11 nitrogen and oxygen atoms in total. The van der Waals surface area contributed by atoms with Gasteiger partial charge in [-0.1, -0.05) is 6.07 Å². The molecule has 0 radical (unpaired) electrons. The Bertz CT molecular complexity index is 1110. The second-order valence-electron chi connectivity index (χ2n) is 6.53. The number of hydrogen-bond acceptors (Lipinski definition) is 10. The molecule has 0 atom stereocenters. The van der Waals surface area contributed by atoms with Gasteiger partial charge in [0.1, 0.15) is 9.88 Å². The maximum Gasteiger partial charge on any atom is 0.348 e. The summed E-state index contributed by atoms with van der Waals surface area (Å²) in [6.45, 7) is 5.64. The van der Waals surface area contributed by atoms with E-state index in [4.69, 9.17) is 14.2 Å². The molecule has 1 heterocycles. The Hall–Kier alpha value is -3.80. The minimum absolute atomic E-state index is 0.000826. The summed E-state index contributed by atoms with van der Waals surface area (Å²) >= 11 is 0.832. The van der Waals surface area contributed by atoms with E-state index in [1.807, 2.05) is 0 Å². The predicted molar refractivity (Wildman–Crippen MR) is 118 cm³/mol. The smallest absolute Gasteiger partial charge is 0.348 e. The van der Waals surface area contributed by atoms with Crippen molar-refractivity contribution in [1.82, 2.24) is 0 Å². The number of nitrogens with one attached hydrogen (secondary N) is 1. The molecule has 0 fully saturated rings. The number of amides is 1. The average Bonchev–Trinajstić information content (AvgIpc) is 3.08. The van der Waals surface area contributed by atoms with Crippen molar-refractivity contribution in [2.75, 3.05) is 25.1 Å². The van der Waals surface area contributed by atoms with E-state index < -0.39 is 35.3 Å². The zero-order chi connectivity index (χ0) is 24.7. The molecule has 0 aliphatic rings. The van der Waals surface area contributed by atoms with Crippen molar-refractivity contribution in [2.24, 2.45) is 0 Å². The van der Waals surface area contributed by atoms with Crippen molar-refractivity contribution in [3.8, 4) is 0 Å². The Morgan fingerprint density at radius 2 is 1.61 bits per heavy atom. The lowest BCUT2D eigenvalue weighted by Gasteiger charge is -2.09. The van der Waals surface area contributed by atoms with Gasteiger partial charge in [0.25, 0.3) is 11.6 Å². The molecule has 0 saturated heterocycles. The highest BCUT2D eigenvalue weighted by Gasteiger charge is 2.27. The molecule has 2 rings (SSSR count). The van der Waals surface area contributed by atoms with Crippen LogP contribution in [0.2, 0.25) is 0 Å². The molecule has 1 N–H and O–H groups in total. The van der Waals surface area contributed by atoms with Gasteiger partial charge in [0.15, 0.2) is 6.61 Å². The zero-order valence-electron chi connectivity index (χ0n) is 18.4. The van der Waals surface area contributed by atoms with E-state index in [9.17, 15) is 29.3 Å². The number of carbonyl (C=O) groups excluding carboxylic acids is 4. The molecular formula is C21H22N2O9S. The molecule has 0 saturated carbocycles. The van der Waals surface area contributed by atoms with Gasteiger partial charge in [0, 0.05) is 11.6 Å². The summed E-state index contributed by atoms with van der Waals surface area (Å²) in [5, 5.41) is 13.5. The van der Waals surface area contributed by atoms with Crippen molar-refractivity contribution in [3.05, 3.63) is 55.4 Å². The monoisotopic (exact) mass is 478 g/mol. The third-order valence-electron chi connectivity index (χ3n) is 4.40. The molecule has 12 heteroatoms. The number of nitro groups is 1. The highest BCUT2D eigenvalue weighted by Crippen LogP contribution is 2.34. The summed E-state index contributed by atoms with van der Waals surface area (Å²) in [5.74, 6) is -3.10. The first kappa shape index (κ1) is 25.5. The van der Waals surface area contributed by atoms with Crippen LogP contribution in [0, 0.1) is 24.0 Å². The van der Waals surface area contributed by atoms with Crippen molar-refractivity contribution in [2.45, 2.75) is 27.7 Å². The second-order valence-corrected chi connectivity index (χ2v) is 7.55. The molecule has 33 heavy (non-hydrogen) atoms.